The van der Waals surface area contributed by atoms with E-state index in [1.54, 1.807) is 36.4 Å². The van der Waals surface area contributed by atoms with Crippen molar-refractivity contribution in [2.24, 2.45) is 0 Å². The van der Waals surface area contributed by atoms with Crippen LogP contribution < -0.4 is 10.6 Å². The second-order valence-electron chi connectivity index (χ2n) is 5.61. The van der Waals surface area contributed by atoms with Crippen LogP contribution in [0.1, 0.15) is 25.6 Å². The van der Waals surface area contributed by atoms with Gasteiger partial charge in [0.05, 0.1) is 14.4 Å². The summed E-state index contributed by atoms with van der Waals surface area (Å²) < 4.78 is 0.861. The SMILES string of the molecule is Cc1ccc(C(=O)Nc2ccc(NC(=O)c3ccc(Br)s3)cc2O)cc1. The largest absolute Gasteiger partial charge is 0.506 e. The van der Waals surface area contributed by atoms with Crippen LogP contribution in [-0.4, -0.2) is 16.9 Å². The van der Waals surface area contributed by atoms with E-state index in [9.17, 15) is 14.7 Å². The second-order valence-corrected chi connectivity index (χ2v) is 8.07. The molecule has 0 radical (unpaired) electrons. The van der Waals surface area contributed by atoms with E-state index in [2.05, 4.69) is 26.6 Å². The molecule has 2 aromatic carbocycles. The Bertz CT molecular complexity index is 967. The van der Waals surface area contributed by atoms with Gasteiger partial charge in [-0.15, -0.1) is 11.3 Å². The van der Waals surface area contributed by atoms with Crippen LogP contribution in [0, 0.1) is 6.92 Å². The maximum absolute atomic E-state index is 12.2. The first-order valence-corrected chi connectivity index (χ1v) is 9.31. The zero-order valence-corrected chi connectivity index (χ0v) is 16.1. The summed E-state index contributed by atoms with van der Waals surface area (Å²) in [5, 5.41) is 15.5. The van der Waals surface area contributed by atoms with Crippen LogP contribution in [0.5, 0.6) is 5.75 Å². The van der Waals surface area contributed by atoms with Crippen molar-refractivity contribution in [2.75, 3.05) is 10.6 Å². The third-order valence-electron chi connectivity index (χ3n) is 3.61. The van der Waals surface area contributed by atoms with Gasteiger partial charge in [0.15, 0.2) is 0 Å². The fraction of sp³-hybridized carbons (Fsp3) is 0.0526. The van der Waals surface area contributed by atoms with Gasteiger partial charge in [-0.05, 0) is 59.3 Å². The van der Waals surface area contributed by atoms with Crippen molar-refractivity contribution in [1.29, 1.82) is 0 Å². The Morgan fingerprint density at radius 1 is 0.962 bits per heavy atom. The fourth-order valence-electron chi connectivity index (χ4n) is 2.24. The Balaban J connectivity index is 1.70. The number of hydrogen-bond acceptors (Lipinski definition) is 4. The molecule has 3 rings (SSSR count). The molecule has 7 heteroatoms. The lowest BCUT2D eigenvalue weighted by Gasteiger charge is -2.10. The summed E-state index contributed by atoms with van der Waals surface area (Å²) in [6, 6.07) is 15.2. The van der Waals surface area contributed by atoms with Gasteiger partial charge in [0.25, 0.3) is 11.8 Å². The van der Waals surface area contributed by atoms with E-state index in [-0.39, 0.29) is 23.3 Å². The van der Waals surface area contributed by atoms with Crippen LogP contribution in [0.15, 0.2) is 58.4 Å². The number of thiophene rings is 1. The minimum absolute atomic E-state index is 0.129. The van der Waals surface area contributed by atoms with Crippen LogP contribution in [0.4, 0.5) is 11.4 Å². The maximum Gasteiger partial charge on any atom is 0.265 e. The van der Waals surface area contributed by atoms with Gasteiger partial charge in [-0.25, -0.2) is 0 Å². The first-order chi connectivity index (χ1) is 12.4. The highest BCUT2D eigenvalue weighted by molar-refractivity contribution is 9.11. The van der Waals surface area contributed by atoms with Crippen molar-refractivity contribution in [3.8, 4) is 5.75 Å². The van der Waals surface area contributed by atoms with Gasteiger partial charge in [-0.3, -0.25) is 9.59 Å². The molecule has 0 saturated carbocycles. The van der Waals surface area contributed by atoms with Crippen LogP contribution in [0.25, 0.3) is 0 Å². The predicted molar refractivity (Wildman–Crippen MR) is 107 cm³/mol. The molecule has 1 heterocycles. The molecule has 3 N–H and O–H groups in total. The van der Waals surface area contributed by atoms with Gasteiger partial charge >= 0.3 is 0 Å². The number of nitrogens with one attached hydrogen (secondary N) is 2. The molecule has 5 nitrogen and oxygen atoms in total. The van der Waals surface area contributed by atoms with E-state index >= 15 is 0 Å². The normalized spacial score (nSPS) is 10.4. The fourth-order valence-corrected chi connectivity index (χ4v) is 3.52. The maximum atomic E-state index is 12.2. The number of carbonyl (C=O) groups excluding carboxylic acids is 2. The molecular weight excluding hydrogens is 416 g/mol. The molecule has 0 fully saturated rings. The molecule has 0 aliphatic rings. The number of aromatic hydroxyl groups is 1. The molecular formula is C19H15BrN2O3S. The van der Waals surface area contributed by atoms with E-state index in [0.717, 1.165) is 9.35 Å². The molecule has 0 aliphatic heterocycles. The van der Waals surface area contributed by atoms with E-state index in [1.807, 2.05) is 19.1 Å². The third kappa shape index (κ3) is 4.30. The van der Waals surface area contributed by atoms with Gasteiger partial charge in [0, 0.05) is 17.3 Å². The summed E-state index contributed by atoms with van der Waals surface area (Å²) >= 11 is 4.63. The number of amides is 2. The smallest absolute Gasteiger partial charge is 0.265 e. The van der Waals surface area contributed by atoms with Crippen LogP contribution in [-0.2, 0) is 0 Å². The van der Waals surface area contributed by atoms with Crippen molar-refractivity contribution in [3.63, 3.8) is 0 Å². The van der Waals surface area contributed by atoms with Crippen molar-refractivity contribution in [1.82, 2.24) is 0 Å². The average Bonchev–Trinajstić information content (AvgIpc) is 3.04. The van der Waals surface area contributed by atoms with E-state index in [1.165, 1.54) is 17.4 Å². The van der Waals surface area contributed by atoms with Crippen molar-refractivity contribution >= 4 is 50.5 Å². The molecule has 1 aromatic heterocycles. The van der Waals surface area contributed by atoms with E-state index in [4.69, 9.17) is 0 Å². The monoisotopic (exact) mass is 430 g/mol. The molecule has 0 unspecified atom stereocenters. The highest BCUT2D eigenvalue weighted by Gasteiger charge is 2.12. The first-order valence-electron chi connectivity index (χ1n) is 7.70. The van der Waals surface area contributed by atoms with E-state index in [0.29, 0.717) is 16.1 Å². The summed E-state index contributed by atoms with van der Waals surface area (Å²) in [6.45, 7) is 1.94. The lowest BCUT2D eigenvalue weighted by molar-refractivity contribution is 0.101. The van der Waals surface area contributed by atoms with Gasteiger partial charge in [0.2, 0.25) is 0 Å². The van der Waals surface area contributed by atoms with Crippen molar-refractivity contribution in [2.45, 2.75) is 6.92 Å². The Morgan fingerprint density at radius 2 is 1.69 bits per heavy atom. The van der Waals surface area contributed by atoms with Crippen molar-refractivity contribution in [3.05, 3.63) is 74.4 Å². The number of hydrogen-bond donors (Lipinski definition) is 3. The quantitative estimate of drug-likeness (QED) is 0.507. The Hall–Kier alpha value is -2.64. The predicted octanol–water partition coefficient (Wildman–Crippen LogP) is 5.03. The number of aryl methyl sites for hydroxylation is 1. The van der Waals surface area contributed by atoms with E-state index < -0.39 is 0 Å². The molecule has 0 bridgehead atoms. The van der Waals surface area contributed by atoms with Gasteiger partial charge in [0.1, 0.15) is 5.75 Å². The van der Waals surface area contributed by atoms with Crippen LogP contribution in [0.2, 0.25) is 0 Å². The lowest BCUT2D eigenvalue weighted by Crippen LogP contribution is -2.13. The summed E-state index contributed by atoms with van der Waals surface area (Å²) in [7, 11) is 0. The minimum Gasteiger partial charge on any atom is -0.506 e. The molecule has 0 atom stereocenters. The first kappa shape index (κ1) is 18.2. The third-order valence-corrected chi connectivity index (χ3v) is 5.24. The Morgan fingerprint density at radius 3 is 2.31 bits per heavy atom. The molecule has 26 heavy (non-hydrogen) atoms. The number of anilines is 2. The standard InChI is InChI=1S/C19H15BrN2O3S/c1-11-2-4-12(5-3-11)18(24)22-14-7-6-13(10-15(14)23)21-19(25)16-8-9-17(20)26-16/h2-10,23H,1H3,(H,21,25)(H,22,24). The van der Waals surface area contributed by atoms with Gasteiger partial charge in [-0.2, -0.15) is 0 Å². The molecule has 2 amide bonds. The number of rotatable bonds is 4. The topological polar surface area (TPSA) is 78.4 Å². The average molecular weight is 431 g/mol. The minimum atomic E-state index is -0.319. The molecule has 132 valence electrons. The molecule has 3 aromatic rings. The Kier molecular flexibility index (Phi) is 5.39. The highest BCUT2D eigenvalue weighted by Crippen LogP contribution is 2.28. The highest BCUT2D eigenvalue weighted by atomic mass is 79.9. The molecule has 0 saturated heterocycles. The summed E-state index contributed by atoms with van der Waals surface area (Å²) in [4.78, 5) is 24.9. The number of carbonyl (C=O) groups is 2. The van der Waals surface area contributed by atoms with Gasteiger partial charge < -0.3 is 15.7 Å². The van der Waals surface area contributed by atoms with Gasteiger partial charge in [-0.1, -0.05) is 17.7 Å². The lowest BCUT2D eigenvalue weighted by atomic mass is 10.1. The van der Waals surface area contributed by atoms with Crippen LogP contribution >= 0.6 is 27.3 Å². The molecule has 0 aliphatic carbocycles. The number of halogens is 1. The number of phenolic OH excluding ortho intramolecular Hbond substituents is 1. The summed E-state index contributed by atoms with van der Waals surface area (Å²) in [6.07, 6.45) is 0. The second kappa shape index (κ2) is 7.72. The van der Waals surface area contributed by atoms with Crippen LogP contribution in [0.3, 0.4) is 0 Å². The Labute approximate surface area is 162 Å². The zero-order valence-electron chi connectivity index (χ0n) is 13.7. The number of benzene rings is 2. The summed E-state index contributed by atoms with van der Waals surface area (Å²) in [5.41, 5.74) is 2.26. The zero-order chi connectivity index (χ0) is 18.7. The number of phenols is 1. The van der Waals surface area contributed by atoms with Crippen molar-refractivity contribution < 1.29 is 14.7 Å². The summed E-state index contributed by atoms with van der Waals surface area (Å²) in [5.74, 6) is -0.715. The molecule has 0 spiro atoms.